The molecule has 0 saturated carbocycles. The van der Waals surface area contributed by atoms with Crippen molar-refractivity contribution in [1.29, 1.82) is 0 Å². The molecule has 0 fully saturated rings. The number of hydrogen-bond donors (Lipinski definition) is 1. The summed E-state index contributed by atoms with van der Waals surface area (Å²) in [6, 6.07) is 0. The smallest absolute Gasteiger partial charge is 0.133 e. The molecule has 0 heterocycles. The molecule has 0 rings (SSSR count). The van der Waals surface area contributed by atoms with Gasteiger partial charge in [-0.2, -0.15) is 0 Å². The van der Waals surface area contributed by atoms with Gasteiger partial charge in [0.05, 0.1) is 6.10 Å². The highest BCUT2D eigenvalue weighted by atomic mass is 16.3. The van der Waals surface area contributed by atoms with Gasteiger partial charge in [0.1, 0.15) is 12.1 Å². The third-order valence-corrected chi connectivity index (χ3v) is 1.62. The Hall–Kier alpha value is -0.700. The van der Waals surface area contributed by atoms with Gasteiger partial charge in [-0.3, -0.25) is 4.79 Å². The van der Waals surface area contributed by atoms with E-state index in [4.69, 9.17) is 5.11 Å². The molecule has 3 heteroatoms. The molecule has 0 bridgehead atoms. The lowest BCUT2D eigenvalue weighted by Gasteiger charge is -2.01. The Morgan fingerprint density at radius 2 is 2.17 bits per heavy atom. The van der Waals surface area contributed by atoms with Gasteiger partial charge in [-0.15, -0.1) is 0 Å². The molecule has 0 aromatic rings. The maximum absolute atomic E-state index is 11.0. The lowest BCUT2D eigenvalue weighted by Crippen LogP contribution is -2.05. The minimum Gasteiger partial charge on any atom is -0.393 e. The summed E-state index contributed by atoms with van der Waals surface area (Å²) in [6.45, 7) is 1.67. The first-order valence-electron chi connectivity index (χ1n) is 4.30. The van der Waals surface area contributed by atoms with Crippen LogP contribution >= 0.6 is 0 Å². The molecular formula is C9H16O3. The number of unbranched alkanes of at least 4 members (excludes halogenated alkanes) is 1. The van der Waals surface area contributed by atoms with Crippen LogP contribution in [0.25, 0.3) is 0 Å². The third kappa shape index (κ3) is 7.41. The maximum Gasteiger partial charge on any atom is 0.133 e. The highest BCUT2D eigenvalue weighted by Crippen LogP contribution is 2.02. The first kappa shape index (κ1) is 11.3. The summed E-state index contributed by atoms with van der Waals surface area (Å²) >= 11 is 0. The normalized spacial score (nSPS) is 12.5. The van der Waals surface area contributed by atoms with Crippen LogP contribution in [0.15, 0.2) is 0 Å². The number of Topliss-reactive ketones (excluding diaryl/α,β-unsaturated/α-hetero) is 1. The summed E-state index contributed by atoms with van der Waals surface area (Å²) in [5.41, 5.74) is 0. The predicted octanol–water partition coefficient (Wildman–Crippen LogP) is 1.09. The van der Waals surface area contributed by atoms with Crippen LogP contribution in [0.3, 0.4) is 0 Å². The van der Waals surface area contributed by atoms with Crippen molar-refractivity contribution in [1.82, 2.24) is 0 Å². The monoisotopic (exact) mass is 172 g/mol. The van der Waals surface area contributed by atoms with Crippen LogP contribution in [-0.2, 0) is 9.59 Å². The quantitative estimate of drug-likeness (QED) is 0.462. The second-order valence-corrected chi connectivity index (χ2v) is 2.99. The van der Waals surface area contributed by atoms with Gasteiger partial charge in [0.2, 0.25) is 0 Å². The van der Waals surface area contributed by atoms with E-state index < -0.39 is 6.10 Å². The molecule has 12 heavy (non-hydrogen) atoms. The van der Waals surface area contributed by atoms with Crippen molar-refractivity contribution < 1.29 is 14.7 Å². The van der Waals surface area contributed by atoms with E-state index in [-0.39, 0.29) is 5.78 Å². The summed E-state index contributed by atoms with van der Waals surface area (Å²) in [4.78, 5) is 20.9. The van der Waals surface area contributed by atoms with E-state index in [1.807, 2.05) is 0 Å². The first-order valence-corrected chi connectivity index (χ1v) is 4.30. The number of ketones is 1. The number of carbonyl (C=O) groups excluding carboxylic acids is 2. The Morgan fingerprint density at radius 1 is 1.50 bits per heavy atom. The average Bonchev–Trinajstić information content (AvgIpc) is 2.01. The van der Waals surface area contributed by atoms with Crippen LogP contribution < -0.4 is 0 Å². The van der Waals surface area contributed by atoms with Crippen molar-refractivity contribution >= 4 is 12.1 Å². The number of carbonyl (C=O) groups is 2. The summed E-state index contributed by atoms with van der Waals surface area (Å²) in [5, 5.41) is 8.86. The van der Waals surface area contributed by atoms with Gasteiger partial charge in [-0.1, -0.05) is 0 Å². The summed E-state index contributed by atoms with van der Waals surface area (Å²) in [7, 11) is 0. The van der Waals surface area contributed by atoms with E-state index in [9.17, 15) is 9.59 Å². The Kier molecular flexibility index (Phi) is 6.57. The van der Waals surface area contributed by atoms with E-state index >= 15 is 0 Å². The van der Waals surface area contributed by atoms with Crippen molar-refractivity contribution in [2.24, 2.45) is 0 Å². The van der Waals surface area contributed by atoms with Crippen LogP contribution in [0, 0.1) is 0 Å². The number of aliphatic hydroxyl groups excluding tert-OH is 1. The summed E-state index contributed by atoms with van der Waals surface area (Å²) < 4.78 is 0. The molecular weight excluding hydrogens is 156 g/mol. The molecule has 0 aromatic heterocycles. The van der Waals surface area contributed by atoms with Crippen molar-refractivity contribution in [3.05, 3.63) is 0 Å². The van der Waals surface area contributed by atoms with Crippen molar-refractivity contribution in [2.45, 2.75) is 45.1 Å². The van der Waals surface area contributed by atoms with Gasteiger partial charge in [-0.25, -0.2) is 0 Å². The zero-order valence-corrected chi connectivity index (χ0v) is 7.45. The van der Waals surface area contributed by atoms with E-state index in [1.54, 1.807) is 6.92 Å². The molecule has 0 saturated heterocycles. The van der Waals surface area contributed by atoms with Crippen molar-refractivity contribution in [2.75, 3.05) is 0 Å². The second kappa shape index (κ2) is 6.98. The topological polar surface area (TPSA) is 54.4 Å². The third-order valence-electron chi connectivity index (χ3n) is 1.62. The van der Waals surface area contributed by atoms with Crippen LogP contribution in [-0.4, -0.2) is 23.3 Å². The zero-order valence-electron chi connectivity index (χ0n) is 7.45. The highest BCUT2D eigenvalue weighted by Gasteiger charge is 2.03. The summed E-state index contributed by atoms with van der Waals surface area (Å²) in [5.74, 6) is 0.137. The van der Waals surface area contributed by atoms with Gasteiger partial charge >= 0.3 is 0 Å². The van der Waals surface area contributed by atoms with Crippen LogP contribution in [0.1, 0.15) is 39.0 Å². The van der Waals surface area contributed by atoms with E-state index in [2.05, 4.69) is 0 Å². The molecule has 0 spiro atoms. The van der Waals surface area contributed by atoms with Crippen LogP contribution in [0.2, 0.25) is 0 Å². The van der Waals surface area contributed by atoms with Crippen LogP contribution in [0.5, 0.6) is 0 Å². The summed E-state index contributed by atoms with van der Waals surface area (Å²) in [6.07, 6.45) is 2.94. The number of aliphatic hydroxyl groups is 1. The first-order chi connectivity index (χ1) is 5.66. The van der Waals surface area contributed by atoms with Crippen molar-refractivity contribution in [3.63, 3.8) is 0 Å². The van der Waals surface area contributed by atoms with Crippen LogP contribution in [0.4, 0.5) is 0 Å². The molecule has 0 aliphatic carbocycles. The number of hydrogen-bond acceptors (Lipinski definition) is 3. The van der Waals surface area contributed by atoms with E-state index in [0.29, 0.717) is 32.1 Å². The molecule has 0 aromatic carbocycles. The fourth-order valence-corrected chi connectivity index (χ4v) is 0.877. The van der Waals surface area contributed by atoms with E-state index in [0.717, 1.165) is 6.29 Å². The molecule has 0 amide bonds. The van der Waals surface area contributed by atoms with Gasteiger partial charge in [0, 0.05) is 19.3 Å². The zero-order chi connectivity index (χ0) is 9.40. The largest absolute Gasteiger partial charge is 0.393 e. The molecule has 0 radical (unpaired) electrons. The molecule has 3 nitrogen and oxygen atoms in total. The Morgan fingerprint density at radius 3 is 2.67 bits per heavy atom. The second-order valence-electron chi connectivity index (χ2n) is 2.99. The molecule has 0 aliphatic rings. The lowest BCUT2D eigenvalue weighted by atomic mass is 10.1. The fourth-order valence-electron chi connectivity index (χ4n) is 0.877. The van der Waals surface area contributed by atoms with Gasteiger partial charge in [-0.05, 0) is 19.8 Å². The number of aldehydes is 1. The number of rotatable bonds is 7. The molecule has 1 unspecified atom stereocenters. The Labute approximate surface area is 72.8 Å². The molecule has 70 valence electrons. The fraction of sp³-hybridized carbons (Fsp3) is 0.778. The Bertz CT molecular complexity index is 141. The maximum atomic E-state index is 11.0. The van der Waals surface area contributed by atoms with Crippen molar-refractivity contribution in [3.8, 4) is 0 Å². The minimum atomic E-state index is -0.403. The predicted molar refractivity (Wildman–Crippen MR) is 45.8 cm³/mol. The van der Waals surface area contributed by atoms with E-state index in [1.165, 1.54) is 0 Å². The lowest BCUT2D eigenvalue weighted by molar-refractivity contribution is -0.119. The molecule has 1 atom stereocenters. The standard InChI is InChI=1S/C9H16O3/c1-8(11)5-6-9(12)4-2-3-7-10/h7-8,11H,2-6H2,1H3. The Balaban J connectivity index is 3.27. The molecule has 0 aliphatic heterocycles. The average molecular weight is 172 g/mol. The van der Waals surface area contributed by atoms with Gasteiger partial charge in [0.25, 0.3) is 0 Å². The highest BCUT2D eigenvalue weighted by molar-refractivity contribution is 5.78. The molecule has 1 N–H and O–H groups in total. The van der Waals surface area contributed by atoms with Gasteiger partial charge in [0.15, 0.2) is 0 Å². The van der Waals surface area contributed by atoms with Gasteiger partial charge < -0.3 is 9.90 Å². The SMILES string of the molecule is CC(O)CCC(=O)CCCC=O. The minimum absolute atomic E-state index is 0.137.